The van der Waals surface area contributed by atoms with Crippen LogP contribution in [0.3, 0.4) is 0 Å². The van der Waals surface area contributed by atoms with Gasteiger partial charge in [0.25, 0.3) is 0 Å². The van der Waals surface area contributed by atoms with E-state index in [4.69, 9.17) is 27.8 Å². The van der Waals surface area contributed by atoms with Crippen molar-refractivity contribution in [2.24, 2.45) is 0 Å². The lowest BCUT2D eigenvalue weighted by molar-refractivity contribution is -0.132. The molecule has 0 amide bonds. The third-order valence-corrected chi connectivity index (χ3v) is 9.60. The smallest absolute Gasteiger partial charge is 0.344 e. The lowest BCUT2D eigenvalue weighted by atomic mass is 9.97. The summed E-state index contributed by atoms with van der Waals surface area (Å²) in [6.45, 7) is 2.68. The van der Waals surface area contributed by atoms with Gasteiger partial charge >= 0.3 is 23.2 Å². The predicted molar refractivity (Wildman–Crippen MR) is 242 cm³/mol. The molecule has 0 bridgehead atoms. The van der Waals surface area contributed by atoms with Gasteiger partial charge in [-0.05, 0) is 70.8 Å². The summed E-state index contributed by atoms with van der Waals surface area (Å²) in [5.74, 6) is 1.37. The number of benzene rings is 6. The second kappa shape index (κ2) is 19.2. The van der Waals surface area contributed by atoms with Gasteiger partial charge in [-0.3, -0.25) is 9.59 Å². The van der Waals surface area contributed by atoms with Crippen LogP contribution < -0.4 is 30.2 Å². The zero-order valence-corrected chi connectivity index (χ0v) is 34.2. The highest BCUT2D eigenvalue weighted by atomic mass is 16.5. The molecule has 0 unspecified atom stereocenters. The van der Waals surface area contributed by atoms with Gasteiger partial charge in [0.15, 0.2) is 0 Å². The van der Waals surface area contributed by atoms with Crippen LogP contribution in [0.5, 0.6) is 23.0 Å². The average Bonchev–Trinajstić information content (AvgIpc) is 3.28. The molecule has 0 fully saturated rings. The van der Waals surface area contributed by atoms with E-state index < -0.39 is 17.2 Å². The van der Waals surface area contributed by atoms with E-state index in [0.29, 0.717) is 39.5 Å². The Kier molecular flexibility index (Phi) is 13.0. The first-order valence-electron chi connectivity index (χ1n) is 19.4. The summed E-state index contributed by atoms with van der Waals surface area (Å²) in [4.78, 5) is 48.3. The molecule has 0 saturated carbocycles. The fourth-order valence-corrected chi connectivity index (χ4v) is 6.76. The van der Waals surface area contributed by atoms with Crippen molar-refractivity contribution in [2.75, 3.05) is 14.2 Å². The van der Waals surface area contributed by atoms with Gasteiger partial charge in [-0.1, -0.05) is 109 Å². The normalized spacial score (nSPS) is 11.0. The number of esters is 2. The van der Waals surface area contributed by atoms with Gasteiger partial charge in [0, 0.05) is 47.9 Å². The minimum absolute atomic E-state index is 0.320. The number of methoxy groups -OCH3 is 2. The topological polar surface area (TPSA) is 131 Å². The largest absolute Gasteiger partial charge is 0.497 e. The molecule has 0 radical (unpaired) electrons. The molecular formula is C52H40O10. The average molecular weight is 825 g/mol. The standard InChI is InChI=1S/2C26H20O5/c1-17(27)30-20-11-8-18(9-12-20)10-14-23-22-15-13-21(29-2)16-24(22)31-26(28)25(23)19-6-4-3-5-7-19;1-17(27)30-21-13-15-22-23(14-10-18-8-11-20(29-2)12-9-18)25(19-6-4-3-5-7-19)26(28)31-24(22)16-21/h2*3-16H,1-2H3/b2*14-10+. The van der Waals surface area contributed by atoms with Crippen LogP contribution in [0.1, 0.15) is 36.1 Å². The van der Waals surface area contributed by atoms with Gasteiger partial charge in [-0.25, -0.2) is 9.59 Å². The Morgan fingerprint density at radius 1 is 0.452 bits per heavy atom. The number of fused-ring (bicyclic) bond motifs is 2. The Balaban J connectivity index is 0.000000186. The highest BCUT2D eigenvalue weighted by Gasteiger charge is 2.17. The highest BCUT2D eigenvalue weighted by molar-refractivity contribution is 5.98. The van der Waals surface area contributed by atoms with Gasteiger partial charge in [0.1, 0.15) is 34.2 Å². The number of rotatable bonds is 10. The summed E-state index contributed by atoms with van der Waals surface area (Å²) in [5.41, 5.74) is 5.74. The molecule has 10 heteroatoms. The fraction of sp³-hybridized carbons (Fsp3) is 0.0769. The third-order valence-electron chi connectivity index (χ3n) is 9.60. The van der Waals surface area contributed by atoms with E-state index in [1.54, 1.807) is 50.6 Å². The van der Waals surface area contributed by atoms with Crippen molar-refractivity contribution < 1.29 is 37.4 Å². The van der Waals surface area contributed by atoms with Crippen LogP contribution in [0.2, 0.25) is 0 Å². The molecule has 0 spiro atoms. The maximum absolute atomic E-state index is 13.0. The maximum Gasteiger partial charge on any atom is 0.344 e. The van der Waals surface area contributed by atoms with Crippen LogP contribution in [0.25, 0.3) is 68.5 Å². The summed E-state index contributed by atoms with van der Waals surface area (Å²) in [6, 6.07) is 44.0. The molecule has 0 aliphatic rings. The summed E-state index contributed by atoms with van der Waals surface area (Å²) >= 11 is 0. The number of carbonyl (C=O) groups excluding carboxylic acids is 2. The van der Waals surface area contributed by atoms with E-state index >= 15 is 0 Å². The lowest BCUT2D eigenvalue weighted by Crippen LogP contribution is -2.07. The van der Waals surface area contributed by atoms with E-state index in [1.165, 1.54) is 13.8 Å². The third kappa shape index (κ3) is 9.95. The van der Waals surface area contributed by atoms with Crippen molar-refractivity contribution in [2.45, 2.75) is 13.8 Å². The summed E-state index contributed by atoms with van der Waals surface area (Å²) < 4.78 is 31.9. The molecule has 8 aromatic rings. The van der Waals surface area contributed by atoms with Gasteiger partial charge < -0.3 is 27.8 Å². The minimum Gasteiger partial charge on any atom is -0.497 e. The Morgan fingerprint density at radius 2 is 0.839 bits per heavy atom. The van der Waals surface area contributed by atoms with Gasteiger partial charge in [-0.15, -0.1) is 0 Å². The molecule has 0 aliphatic heterocycles. The van der Waals surface area contributed by atoms with Crippen LogP contribution in [0.15, 0.2) is 164 Å². The van der Waals surface area contributed by atoms with Crippen LogP contribution >= 0.6 is 0 Å². The quantitative estimate of drug-likeness (QED) is 0.0746. The molecule has 0 saturated heterocycles. The van der Waals surface area contributed by atoms with E-state index in [-0.39, 0.29) is 5.97 Å². The van der Waals surface area contributed by atoms with Gasteiger partial charge in [0.2, 0.25) is 0 Å². The van der Waals surface area contributed by atoms with Gasteiger partial charge in [0.05, 0.1) is 25.3 Å². The summed E-state index contributed by atoms with van der Waals surface area (Å²) in [6.07, 6.45) is 7.63. The van der Waals surface area contributed by atoms with Crippen LogP contribution in [-0.2, 0) is 9.59 Å². The van der Waals surface area contributed by atoms with Crippen molar-refractivity contribution in [3.05, 3.63) is 189 Å². The molecule has 10 nitrogen and oxygen atoms in total. The number of hydrogen-bond donors (Lipinski definition) is 0. The van der Waals surface area contributed by atoms with E-state index in [1.807, 2.05) is 133 Å². The fourth-order valence-electron chi connectivity index (χ4n) is 6.76. The highest BCUT2D eigenvalue weighted by Crippen LogP contribution is 2.33. The van der Waals surface area contributed by atoms with E-state index in [2.05, 4.69) is 0 Å². The van der Waals surface area contributed by atoms with Crippen LogP contribution in [0.4, 0.5) is 0 Å². The van der Waals surface area contributed by atoms with Crippen molar-refractivity contribution in [3.63, 3.8) is 0 Å². The van der Waals surface area contributed by atoms with Crippen molar-refractivity contribution in [3.8, 4) is 45.3 Å². The molecule has 0 atom stereocenters. The predicted octanol–water partition coefficient (Wildman–Crippen LogP) is 11.1. The second-order valence-electron chi connectivity index (χ2n) is 13.8. The summed E-state index contributed by atoms with van der Waals surface area (Å²) in [5, 5.41) is 1.53. The van der Waals surface area contributed by atoms with E-state index in [0.717, 1.165) is 49.9 Å². The van der Waals surface area contributed by atoms with Crippen molar-refractivity contribution in [1.82, 2.24) is 0 Å². The number of carbonyl (C=O) groups is 2. The van der Waals surface area contributed by atoms with Crippen LogP contribution in [-0.4, -0.2) is 26.2 Å². The Hall–Kier alpha value is -8.24. The molecule has 62 heavy (non-hydrogen) atoms. The molecular weight excluding hydrogens is 785 g/mol. The maximum atomic E-state index is 13.0. The first kappa shape index (κ1) is 41.9. The molecule has 2 heterocycles. The molecule has 6 aromatic carbocycles. The Morgan fingerprint density at radius 3 is 1.27 bits per heavy atom. The SMILES string of the molecule is COc1ccc(/C=C/c2c(-c3ccccc3)c(=O)oc3cc(OC(C)=O)ccc23)cc1.COc1ccc2c(/C=C/c3ccc(OC(C)=O)cc3)c(-c3ccccc3)c(=O)oc2c1. The molecule has 308 valence electrons. The lowest BCUT2D eigenvalue weighted by Gasteiger charge is -2.10. The zero-order valence-electron chi connectivity index (χ0n) is 34.2. The number of ether oxygens (including phenoxy) is 4. The van der Waals surface area contributed by atoms with Gasteiger partial charge in [-0.2, -0.15) is 0 Å². The monoisotopic (exact) mass is 824 g/mol. The number of hydrogen-bond acceptors (Lipinski definition) is 10. The second-order valence-corrected chi connectivity index (χ2v) is 13.8. The van der Waals surface area contributed by atoms with E-state index in [9.17, 15) is 19.2 Å². The first-order valence-corrected chi connectivity index (χ1v) is 19.4. The van der Waals surface area contributed by atoms with Crippen molar-refractivity contribution >= 4 is 58.2 Å². The molecule has 8 rings (SSSR count). The first-order chi connectivity index (χ1) is 30.1. The summed E-state index contributed by atoms with van der Waals surface area (Å²) in [7, 11) is 3.19. The molecule has 0 aliphatic carbocycles. The molecule has 2 aromatic heterocycles. The Bertz CT molecular complexity index is 3050. The van der Waals surface area contributed by atoms with Crippen LogP contribution in [0, 0.1) is 0 Å². The molecule has 0 N–H and O–H groups in total. The minimum atomic E-state index is -0.465. The zero-order chi connectivity index (χ0) is 43.6. The van der Waals surface area contributed by atoms with Crippen molar-refractivity contribution in [1.29, 1.82) is 0 Å². The Labute approximate surface area is 356 Å².